The molecule has 1 aromatic carbocycles. The number of fused-ring (bicyclic) bond motifs is 3. The minimum absolute atomic E-state index is 0.0207. The Hall–Kier alpha value is -4.45. The van der Waals surface area contributed by atoms with E-state index in [1.165, 1.54) is 0 Å². The highest BCUT2D eigenvalue weighted by molar-refractivity contribution is 6.34. The Morgan fingerprint density at radius 3 is 2.32 bits per heavy atom. The van der Waals surface area contributed by atoms with E-state index < -0.39 is 123 Å². The molecule has 16 nitrogen and oxygen atoms in total. The quantitative estimate of drug-likeness (QED) is 0.142. The Morgan fingerprint density at radius 2 is 1.72 bits per heavy atom. The predicted octanol–water partition coefficient (Wildman–Crippen LogP) is 3.00. The van der Waals surface area contributed by atoms with Gasteiger partial charge in [0.25, 0.3) is 0 Å². The topological polar surface area (TPSA) is 247 Å². The van der Waals surface area contributed by atoms with Crippen LogP contribution in [0.5, 0.6) is 5.75 Å². The van der Waals surface area contributed by atoms with Crippen LogP contribution in [0.25, 0.3) is 0 Å². The summed E-state index contributed by atoms with van der Waals surface area (Å²) in [7, 11) is 1.15. The van der Waals surface area contributed by atoms with Crippen LogP contribution in [0.4, 0.5) is 0 Å². The van der Waals surface area contributed by atoms with Gasteiger partial charge in [-0.25, -0.2) is 4.79 Å². The van der Waals surface area contributed by atoms with Crippen molar-refractivity contribution in [3.8, 4) is 5.75 Å². The summed E-state index contributed by atoms with van der Waals surface area (Å²) < 4.78 is 29.4. The number of carbonyl (C=O) groups excluding carboxylic acids is 7. The molecule has 0 bridgehead atoms. The molecule has 2 saturated carbocycles. The van der Waals surface area contributed by atoms with Gasteiger partial charge in [0.1, 0.15) is 34.8 Å². The molecule has 0 radical (unpaired) electrons. The number of esters is 1. The zero-order valence-electron chi connectivity index (χ0n) is 35.1. The second-order valence-electron chi connectivity index (χ2n) is 17.4. The van der Waals surface area contributed by atoms with E-state index in [0.717, 1.165) is 39.0 Å². The molecule has 1 saturated heterocycles. The van der Waals surface area contributed by atoms with Crippen LogP contribution in [0, 0.1) is 17.8 Å². The molecule has 1 aromatic rings. The molecular weight excluding hydrogens is 784 g/mol. The molecule has 60 heavy (non-hydrogen) atoms. The monoisotopic (exact) mass is 838 g/mol. The Bertz CT molecular complexity index is 2080. The first-order chi connectivity index (χ1) is 28.0. The summed E-state index contributed by atoms with van der Waals surface area (Å²) in [6.45, 7) is 11.7. The maximum Gasteiger partial charge on any atom is 0.333 e. The molecular formula is C44H54O16. The average molecular weight is 839 g/mol. The van der Waals surface area contributed by atoms with E-state index in [4.69, 9.17) is 23.7 Å². The summed E-state index contributed by atoms with van der Waals surface area (Å²) >= 11 is 0. The second kappa shape index (κ2) is 16.4. The molecule has 6 rings (SSSR count). The number of ether oxygens (including phenoxy) is 5. The van der Waals surface area contributed by atoms with Crippen molar-refractivity contribution >= 4 is 40.7 Å². The molecule has 0 spiro atoms. The minimum atomic E-state index is -3.48. The summed E-state index contributed by atoms with van der Waals surface area (Å²) in [5, 5.41) is 47.2. The van der Waals surface area contributed by atoms with Gasteiger partial charge in [-0.05, 0) is 76.8 Å². The van der Waals surface area contributed by atoms with Crippen molar-refractivity contribution in [2.45, 2.75) is 147 Å². The van der Waals surface area contributed by atoms with Crippen LogP contribution in [0.1, 0.15) is 124 Å². The zero-order valence-corrected chi connectivity index (χ0v) is 35.1. The van der Waals surface area contributed by atoms with E-state index in [2.05, 4.69) is 6.92 Å². The molecule has 1 aliphatic heterocycles. The number of allylic oxidation sites excluding steroid dienone is 3. The number of ketones is 6. The number of carbonyl (C=O) groups is 7. The fraction of sp³-hybridized carbons (Fsp3) is 0.614. The molecule has 0 aromatic heterocycles. The smallest absolute Gasteiger partial charge is 0.333 e. The largest absolute Gasteiger partial charge is 0.506 e. The predicted molar refractivity (Wildman–Crippen MR) is 208 cm³/mol. The molecule has 4 N–H and O–H groups in total. The fourth-order valence-electron chi connectivity index (χ4n) is 9.67. The standard InChI is InChI=1S/C44H54O16/c1-9-10-19(2)13-21(4)41(52)60-39-23(6)57-30(18-42(39,7)53)59-28-12-11-25(14-20(28)3)58-40-36(49)31(22(5)45)37(50)44(55)38(51)32-24(17-43(40,44)54)15-26-33(35(32)48)27(46)16-29(56-8)34(26)47/h13,15-16,19-20,23,25,28,30-31,39-40,48,53-55H,9-12,14,17-18H2,1-8H3/b21-13-/t19-,20+,23+,25+,28+,30+,31?,39-,40-,42-,43-,44-/m1/s1. The van der Waals surface area contributed by atoms with Gasteiger partial charge in [-0.2, -0.15) is 0 Å². The van der Waals surface area contributed by atoms with Crippen molar-refractivity contribution in [1.82, 2.24) is 0 Å². The van der Waals surface area contributed by atoms with Crippen LogP contribution in [0.3, 0.4) is 0 Å². The maximum absolute atomic E-state index is 14.3. The highest BCUT2D eigenvalue weighted by atomic mass is 16.7. The second-order valence-corrected chi connectivity index (χ2v) is 17.4. The van der Waals surface area contributed by atoms with E-state index in [9.17, 15) is 54.0 Å². The number of phenols is 1. The number of methoxy groups -OCH3 is 1. The molecule has 12 atom stereocenters. The summed E-state index contributed by atoms with van der Waals surface area (Å²) in [6, 6.07) is 1.06. The van der Waals surface area contributed by atoms with Crippen molar-refractivity contribution in [3.05, 3.63) is 51.8 Å². The summed E-state index contributed by atoms with van der Waals surface area (Å²) in [6.07, 6.45) is -1.65. The van der Waals surface area contributed by atoms with Gasteiger partial charge in [-0.15, -0.1) is 0 Å². The third-order valence-electron chi connectivity index (χ3n) is 12.7. The molecule has 5 aliphatic rings. The van der Waals surface area contributed by atoms with Crippen LogP contribution < -0.4 is 0 Å². The first-order valence-electron chi connectivity index (χ1n) is 20.4. The number of phenolic OH excluding ortho intramolecular Hbond substituents is 1. The molecule has 4 aliphatic carbocycles. The van der Waals surface area contributed by atoms with Crippen LogP contribution in [-0.2, 0) is 49.3 Å². The van der Waals surface area contributed by atoms with Crippen molar-refractivity contribution in [2.24, 2.45) is 17.8 Å². The zero-order chi connectivity index (χ0) is 44.4. The highest BCUT2D eigenvalue weighted by Gasteiger charge is 2.74. The summed E-state index contributed by atoms with van der Waals surface area (Å²) in [5.41, 5.74) is -9.51. The number of hydrogen-bond acceptors (Lipinski definition) is 16. The number of benzene rings is 1. The van der Waals surface area contributed by atoms with Crippen LogP contribution in [0.15, 0.2) is 29.6 Å². The van der Waals surface area contributed by atoms with Gasteiger partial charge < -0.3 is 44.1 Å². The third-order valence-corrected chi connectivity index (χ3v) is 12.7. The van der Waals surface area contributed by atoms with E-state index >= 15 is 0 Å². The lowest BCUT2D eigenvalue weighted by molar-refractivity contribution is -0.293. The van der Waals surface area contributed by atoms with Crippen LogP contribution in [-0.4, -0.2) is 122 Å². The molecule has 16 heteroatoms. The van der Waals surface area contributed by atoms with Crippen molar-refractivity contribution < 1.29 is 77.7 Å². The molecule has 1 heterocycles. The normalized spacial score (nSPS) is 36.1. The van der Waals surface area contributed by atoms with E-state index in [1.54, 1.807) is 20.8 Å². The van der Waals surface area contributed by atoms with Gasteiger partial charge in [-0.3, -0.25) is 28.8 Å². The molecule has 1 unspecified atom stereocenters. The van der Waals surface area contributed by atoms with Gasteiger partial charge in [0, 0.05) is 30.1 Å². The number of aliphatic hydroxyl groups is 3. The Kier molecular flexibility index (Phi) is 12.4. The van der Waals surface area contributed by atoms with Crippen LogP contribution >= 0.6 is 0 Å². The highest BCUT2D eigenvalue weighted by Crippen LogP contribution is 2.50. The number of rotatable bonds is 11. The first-order valence-corrected chi connectivity index (χ1v) is 20.4. The Morgan fingerprint density at radius 1 is 1.03 bits per heavy atom. The Labute approximate surface area is 347 Å². The first kappa shape index (κ1) is 45.1. The molecule has 326 valence electrons. The van der Waals surface area contributed by atoms with Crippen LogP contribution in [0.2, 0.25) is 0 Å². The van der Waals surface area contributed by atoms with Crippen molar-refractivity contribution in [2.75, 3.05) is 7.11 Å². The van der Waals surface area contributed by atoms with E-state index in [-0.39, 0.29) is 48.0 Å². The van der Waals surface area contributed by atoms with Crippen molar-refractivity contribution in [3.63, 3.8) is 0 Å². The lowest BCUT2D eigenvalue weighted by Crippen LogP contribution is -2.79. The lowest BCUT2D eigenvalue weighted by atomic mass is 9.56. The van der Waals surface area contributed by atoms with E-state index in [1.807, 2.05) is 19.9 Å². The number of Topliss-reactive ketones (excluding diaryl/α,β-unsaturated/α-hetero) is 5. The van der Waals surface area contributed by atoms with Gasteiger partial charge in [0.05, 0.1) is 36.5 Å². The SMILES string of the molecule is CCC[C@@H](C)/C=C(/C)C(=O)O[C@@H]1[C@H](C)O[C@@H](O[C@H]2CC[C@H](O[C@@H]3C(=O)C(C(C)=O)C(=O)[C@@]4(O)C(=O)c5c(cc6c(c5O)C(=O)C=C(OC)C6=O)C[C@@]34O)C[C@@H]2C)C[C@@]1(C)O. The van der Waals surface area contributed by atoms with Gasteiger partial charge in [0.2, 0.25) is 17.2 Å². The minimum Gasteiger partial charge on any atom is -0.506 e. The van der Waals surface area contributed by atoms with Gasteiger partial charge in [0.15, 0.2) is 35.5 Å². The van der Waals surface area contributed by atoms with Gasteiger partial charge >= 0.3 is 5.97 Å². The fourth-order valence-corrected chi connectivity index (χ4v) is 9.67. The Balaban J connectivity index is 1.20. The molecule has 0 amide bonds. The average Bonchev–Trinajstić information content (AvgIpc) is 3.15. The van der Waals surface area contributed by atoms with E-state index in [0.29, 0.717) is 12.0 Å². The summed E-state index contributed by atoms with van der Waals surface area (Å²) in [4.78, 5) is 94.1. The number of hydrogen-bond donors (Lipinski definition) is 4. The maximum atomic E-state index is 14.3. The molecule has 3 fully saturated rings. The van der Waals surface area contributed by atoms with Crippen molar-refractivity contribution in [1.29, 1.82) is 0 Å². The number of aromatic hydroxyl groups is 1. The summed E-state index contributed by atoms with van der Waals surface area (Å²) in [5.74, 6) is -11.4. The van der Waals surface area contributed by atoms with Gasteiger partial charge in [-0.1, -0.05) is 33.3 Å². The lowest BCUT2D eigenvalue weighted by Gasteiger charge is -2.53. The third kappa shape index (κ3) is 7.49.